The van der Waals surface area contributed by atoms with Gasteiger partial charge in [-0.2, -0.15) is 0 Å². The Labute approximate surface area is 75.3 Å². The topological polar surface area (TPSA) is 72.2 Å². The summed E-state index contributed by atoms with van der Waals surface area (Å²) in [6.45, 7) is 4.13. The number of esters is 1. The summed E-state index contributed by atoms with van der Waals surface area (Å²) in [5.41, 5.74) is -0.0781. The maximum Gasteiger partial charge on any atom is 0.361 e. The molecule has 5 heteroatoms. The lowest BCUT2D eigenvalue weighted by atomic mass is 10.2. The summed E-state index contributed by atoms with van der Waals surface area (Å²) in [4.78, 5) is 11.1. The van der Waals surface area contributed by atoms with Gasteiger partial charge in [-0.15, -0.1) is 0 Å². The van der Waals surface area contributed by atoms with Crippen molar-refractivity contribution in [3.05, 3.63) is 11.8 Å². The molecular weight excluding hydrogens is 174 g/mol. The van der Waals surface area contributed by atoms with E-state index < -0.39 is 11.9 Å². The SMILES string of the molecule is CC(C)COC(=O)c1cc([O])on1. The highest BCUT2D eigenvalue weighted by Gasteiger charge is 2.14. The number of carbonyl (C=O) groups excluding carboxylic acids is 1. The summed E-state index contributed by atoms with van der Waals surface area (Å²) in [7, 11) is 0. The lowest BCUT2D eigenvalue weighted by Gasteiger charge is -2.03. The van der Waals surface area contributed by atoms with Crippen molar-refractivity contribution in [2.75, 3.05) is 6.61 Å². The van der Waals surface area contributed by atoms with E-state index in [1.807, 2.05) is 13.8 Å². The molecule has 0 fully saturated rings. The molecule has 0 unspecified atom stereocenters. The molecule has 0 aromatic carbocycles. The lowest BCUT2D eigenvalue weighted by molar-refractivity contribution is 0.0447. The number of nitrogens with zero attached hydrogens (tertiary/aromatic N) is 1. The fraction of sp³-hybridized carbons (Fsp3) is 0.500. The summed E-state index contributed by atoms with van der Waals surface area (Å²) in [6.07, 6.45) is 0. The van der Waals surface area contributed by atoms with Gasteiger partial charge in [-0.25, -0.2) is 9.90 Å². The van der Waals surface area contributed by atoms with E-state index in [2.05, 4.69) is 9.68 Å². The van der Waals surface area contributed by atoms with Crippen LogP contribution in [0.5, 0.6) is 5.95 Å². The Hall–Kier alpha value is -1.52. The van der Waals surface area contributed by atoms with Crippen molar-refractivity contribution in [2.45, 2.75) is 13.8 Å². The fourth-order valence-electron chi connectivity index (χ4n) is 0.671. The highest BCUT2D eigenvalue weighted by molar-refractivity contribution is 5.87. The molecule has 0 spiro atoms. The van der Waals surface area contributed by atoms with Crippen molar-refractivity contribution in [1.82, 2.24) is 5.16 Å². The molecule has 71 valence electrons. The summed E-state index contributed by atoms with van der Waals surface area (Å²) in [5, 5.41) is 13.7. The lowest BCUT2D eigenvalue weighted by Crippen LogP contribution is -2.10. The minimum Gasteiger partial charge on any atom is -0.461 e. The van der Waals surface area contributed by atoms with Crippen LogP contribution in [0.4, 0.5) is 0 Å². The van der Waals surface area contributed by atoms with Crippen LogP contribution >= 0.6 is 0 Å². The van der Waals surface area contributed by atoms with Gasteiger partial charge >= 0.3 is 11.9 Å². The van der Waals surface area contributed by atoms with Crippen LogP contribution in [-0.4, -0.2) is 17.7 Å². The number of rotatable bonds is 3. The third-order valence-electron chi connectivity index (χ3n) is 1.25. The molecule has 1 radical (unpaired) electrons. The number of hydrogen-bond donors (Lipinski definition) is 0. The molecule has 1 heterocycles. The second-order valence-corrected chi connectivity index (χ2v) is 3.02. The zero-order valence-corrected chi connectivity index (χ0v) is 7.44. The van der Waals surface area contributed by atoms with Gasteiger partial charge in [0, 0.05) is 0 Å². The van der Waals surface area contributed by atoms with E-state index in [1.165, 1.54) is 0 Å². The van der Waals surface area contributed by atoms with Crippen molar-refractivity contribution < 1.29 is 19.2 Å². The van der Waals surface area contributed by atoms with Crippen LogP contribution in [0.1, 0.15) is 24.3 Å². The Morgan fingerprint density at radius 2 is 2.38 bits per heavy atom. The third-order valence-corrected chi connectivity index (χ3v) is 1.25. The average molecular weight is 184 g/mol. The molecule has 0 amide bonds. The zero-order valence-electron chi connectivity index (χ0n) is 7.44. The van der Waals surface area contributed by atoms with E-state index >= 15 is 0 Å². The molecule has 5 nitrogen and oxygen atoms in total. The monoisotopic (exact) mass is 184 g/mol. The van der Waals surface area contributed by atoms with Crippen molar-refractivity contribution in [2.24, 2.45) is 5.92 Å². The molecule has 0 N–H and O–H groups in total. The van der Waals surface area contributed by atoms with Gasteiger partial charge in [0.25, 0.3) is 0 Å². The van der Waals surface area contributed by atoms with Crippen molar-refractivity contribution in [3.63, 3.8) is 0 Å². The van der Waals surface area contributed by atoms with E-state index in [-0.39, 0.29) is 11.6 Å². The zero-order chi connectivity index (χ0) is 9.84. The van der Waals surface area contributed by atoms with Gasteiger partial charge in [0.2, 0.25) is 0 Å². The van der Waals surface area contributed by atoms with Crippen LogP contribution in [0.3, 0.4) is 0 Å². The maximum absolute atomic E-state index is 11.1. The summed E-state index contributed by atoms with van der Waals surface area (Å²) in [5.74, 6) is -1.02. The molecule has 1 aromatic heterocycles. The summed E-state index contributed by atoms with van der Waals surface area (Å²) < 4.78 is 8.99. The van der Waals surface area contributed by atoms with Crippen molar-refractivity contribution in [3.8, 4) is 5.95 Å². The molecule has 0 saturated carbocycles. The Bertz CT molecular complexity index is 292. The Kier molecular flexibility index (Phi) is 2.89. The van der Waals surface area contributed by atoms with Gasteiger partial charge in [0.1, 0.15) is 0 Å². The van der Waals surface area contributed by atoms with Crippen LogP contribution in [-0.2, 0) is 9.84 Å². The highest BCUT2D eigenvalue weighted by Crippen LogP contribution is 2.11. The van der Waals surface area contributed by atoms with Gasteiger partial charge < -0.3 is 9.26 Å². The predicted molar refractivity (Wildman–Crippen MR) is 41.8 cm³/mol. The fourth-order valence-corrected chi connectivity index (χ4v) is 0.671. The van der Waals surface area contributed by atoms with Gasteiger partial charge in [0.05, 0.1) is 12.7 Å². The van der Waals surface area contributed by atoms with E-state index in [0.717, 1.165) is 6.07 Å². The Balaban J connectivity index is 2.49. The van der Waals surface area contributed by atoms with E-state index in [0.29, 0.717) is 6.61 Å². The first-order valence-electron chi connectivity index (χ1n) is 3.90. The van der Waals surface area contributed by atoms with Gasteiger partial charge in [-0.1, -0.05) is 19.0 Å². The van der Waals surface area contributed by atoms with Crippen LogP contribution in [0.25, 0.3) is 0 Å². The van der Waals surface area contributed by atoms with E-state index in [9.17, 15) is 9.90 Å². The molecule has 0 saturated heterocycles. The van der Waals surface area contributed by atoms with E-state index in [1.54, 1.807) is 0 Å². The molecule has 1 aromatic rings. The van der Waals surface area contributed by atoms with E-state index in [4.69, 9.17) is 4.74 Å². The van der Waals surface area contributed by atoms with Crippen LogP contribution in [0.2, 0.25) is 0 Å². The molecule has 0 atom stereocenters. The first-order chi connectivity index (χ1) is 6.09. The first-order valence-corrected chi connectivity index (χ1v) is 3.90. The number of hydrogen-bond acceptors (Lipinski definition) is 4. The second kappa shape index (κ2) is 3.93. The highest BCUT2D eigenvalue weighted by atomic mass is 16.6. The minimum atomic E-state index is -0.642. The quantitative estimate of drug-likeness (QED) is 0.669. The average Bonchev–Trinajstić information content (AvgIpc) is 2.47. The summed E-state index contributed by atoms with van der Waals surface area (Å²) in [6, 6.07) is 1.00. The predicted octanol–water partition coefficient (Wildman–Crippen LogP) is 1.63. The largest absolute Gasteiger partial charge is 0.461 e. The number of aromatic nitrogens is 1. The van der Waals surface area contributed by atoms with Crippen molar-refractivity contribution in [1.29, 1.82) is 0 Å². The van der Waals surface area contributed by atoms with Gasteiger partial charge in [-0.05, 0) is 5.92 Å². The number of carbonyl (C=O) groups is 1. The van der Waals surface area contributed by atoms with Gasteiger partial charge in [0.15, 0.2) is 5.69 Å². The number of ether oxygens (including phenoxy) is 1. The molecule has 1 rings (SSSR count). The summed E-state index contributed by atoms with van der Waals surface area (Å²) >= 11 is 0. The standard InChI is InChI=1S/C8H10NO4/c1-5(2)4-12-8(11)6-3-7(10)13-9-6/h3,5H,4H2,1-2H3. The molecular formula is C8H10NO4. The maximum atomic E-state index is 11.1. The van der Waals surface area contributed by atoms with Gasteiger partial charge in [-0.3, -0.25) is 0 Å². The molecule has 0 aliphatic rings. The minimum absolute atomic E-state index is 0.0781. The normalized spacial score (nSPS) is 10.4. The van der Waals surface area contributed by atoms with Crippen LogP contribution < -0.4 is 0 Å². The molecule has 13 heavy (non-hydrogen) atoms. The smallest absolute Gasteiger partial charge is 0.361 e. The molecule has 0 bridgehead atoms. The molecule has 0 aliphatic heterocycles. The first kappa shape index (κ1) is 9.57. The van der Waals surface area contributed by atoms with Crippen molar-refractivity contribution >= 4 is 5.97 Å². The second-order valence-electron chi connectivity index (χ2n) is 3.02. The van der Waals surface area contributed by atoms with Crippen LogP contribution in [0.15, 0.2) is 10.6 Å². The Morgan fingerprint density at radius 3 is 2.85 bits per heavy atom. The third kappa shape index (κ3) is 2.77. The van der Waals surface area contributed by atoms with Crippen LogP contribution in [0, 0.1) is 5.92 Å². The molecule has 0 aliphatic carbocycles. The Morgan fingerprint density at radius 1 is 1.69 bits per heavy atom.